The number of halogens is 3. The Labute approximate surface area is 152 Å². The lowest BCUT2D eigenvalue weighted by Gasteiger charge is -2.12. The Hall–Kier alpha value is -3.17. The van der Waals surface area contributed by atoms with Crippen molar-refractivity contribution in [2.45, 2.75) is 19.6 Å². The van der Waals surface area contributed by atoms with E-state index >= 15 is 0 Å². The third-order valence-corrected chi connectivity index (χ3v) is 3.79. The lowest BCUT2D eigenvalue weighted by molar-refractivity contribution is -0.154. The van der Waals surface area contributed by atoms with Crippen molar-refractivity contribution < 1.29 is 22.7 Å². The summed E-state index contributed by atoms with van der Waals surface area (Å²) in [4.78, 5) is 20.4. The van der Waals surface area contributed by atoms with Gasteiger partial charge in [-0.25, -0.2) is 9.97 Å². The van der Waals surface area contributed by atoms with Crippen LogP contribution in [0.2, 0.25) is 0 Å². The topological polar surface area (TPSA) is 81.9 Å². The normalized spacial score (nSPS) is 11.6. The van der Waals surface area contributed by atoms with E-state index in [4.69, 9.17) is 4.74 Å². The number of alkyl halides is 3. The number of hydrogen-bond acceptors (Lipinski definition) is 5. The summed E-state index contributed by atoms with van der Waals surface area (Å²) in [6.07, 6.45) is -1.73. The highest BCUT2D eigenvalue weighted by Gasteiger charge is 2.29. The van der Waals surface area contributed by atoms with Crippen LogP contribution in [-0.4, -0.2) is 38.4 Å². The molecule has 3 aromatic heterocycles. The standard InChI is InChI=1S/C17H16F3N5O2/c1-10-13-6-12(8-22-14(13)25(2)24-10)15(26)23-7-11-4-3-5-21-16(11)27-9-17(18,19)20/h3-6,8H,7,9H2,1-2H3,(H,23,26). The fourth-order valence-corrected chi connectivity index (χ4v) is 2.55. The Bertz CT molecular complexity index is 984. The van der Waals surface area contributed by atoms with E-state index < -0.39 is 18.7 Å². The number of carbonyl (C=O) groups excluding carboxylic acids is 1. The van der Waals surface area contributed by atoms with Crippen molar-refractivity contribution in [3.05, 3.63) is 47.4 Å². The van der Waals surface area contributed by atoms with Crippen LogP contribution in [0.4, 0.5) is 13.2 Å². The van der Waals surface area contributed by atoms with Crippen LogP contribution >= 0.6 is 0 Å². The predicted molar refractivity (Wildman–Crippen MR) is 90.2 cm³/mol. The number of hydrogen-bond donors (Lipinski definition) is 1. The number of nitrogens with zero attached hydrogens (tertiary/aromatic N) is 4. The van der Waals surface area contributed by atoms with Crippen molar-refractivity contribution in [3.63, 3.8) is 0 Å². The van der Waals surface area contributed by atoms with E-state index in [1.54, 1.807) is 23.9 Å². The number of aromatic nitrogens is 4. The maximum absolute atomic E-state index is 12.4. The fraction of sp³-hybridized carbons (Fsp3) is 0.294. The fourth-order valence-electron chi connectivity index (χ4n) is 2.55. The zero-order valence-corrected chi connectivity index (χ0v) is 14.5. The van der Waals surface area contributed by atoms with Gasteiger partial charge in [0, 0.05) is 36.9 Å². The van der Waals surface area contributed by atoms with E-state index in [0.717, 1.165) is 11.1 Å². The van der Waals surface area contributed by atoms with Gasteiger partial charge in [0.15, 0.2) is 12.3 Å². The van der Waals surface area contributed by atoms with Crippen LogP contribution < -0.4 is 10.1 Å². The highest BCUT2D eigenvalue weighted by molar-refractivity contribution is 5.97. The van der Waals surface area contributed by atoms with Crippen LogP contribution in [0.25, 0.3) is 11.0 Å². The summed E-state index contributed by atoms with van der Waals surface area (Å²) in [6.45, 7) is 0.321. The zero-order valence-electron chi connectivity index (χ0n) is 14.5. The first-order valence-electron chi connectivity index (χ1n) is 7.95. The molecule has 3 heterocycles. The number of fused-ring (bicyclic) bond motifs is 1. The summed E-state index contributed by atoms with van der Waals surface area (Å²) in [6, 6.07) is 4.75. The Kier molecular flexibility index (Phi) is 4.98. The van der Waals surface area contributed by atoms with Gasteiger partial charge < -0.3 is 10.1 Å². The first-order chi connectivity index (χ1) is 12.7. The van der Waals surface area contributed by atoms with E-state index in [9.17, 15) is 18.0 Å². The summed E-state index contributed by atoms with van der Waals surface area (Å²) in [5, 5.41) is 7.63. The molecule has 142 valence electrons. The van der Waals surface area contributed by atoms with E-state index in [1.807, 2.05) is 6.92 Å². The van der Waals surface area contributed by atoms with Gasteiger partial charge in [-0.3, -0.25) is 9.48 Å². The summed E-state index contributed by atoms with van der Waals surface area (Å²) in [7, 11) is 1.76. The predicted octanol–water partition coefficient (Wildman–Crippen LogP) is 2.54. The van der Waals surface area contributed by atoms with E-state index in [-0.39, 0.29) is 12.4 Å². The molecule has 0 unspecified atom stereocenters. The molecule has 0 spiro atoms. The van der Waals surface area contributed by atoms with Gasteiger partial charge in [-0.1, -0.05) is 6.07 Å². The molecule has 0 saturated heterocycles. The van der Waals surface area contributed by atoms with Crippen molar-refractivity contribution in [1.29, 1.82) is 0 Å². The minimum absolute atomic E-state index is 0.0378. The molecule has 1 N–H and O–H groups in total. The molecule has 1 amide bonds. The summed E-state index contributed by atoms with van der Waals surface area (Å²) < 4.78 is 43.3. The van der Waals surface area contributed by atoms with E-state index in [1.165, 1.54) is 18.5 Å². The lowest BCUT2D eigenvalue weighted by Crippen LogP contribution is -2.24. The smallest absolute Gasteiger partial charge is 0.422 e. The zero-order chi connectivity index (χ0) is 19.6. The number of ether oxygens (including phenoxy) is 1. The van der Waals surface area contributed by atoms with Crippen molar-refractivity contribution in [2.75, 3.05) is 6.61 Å². The van der Waals surface area contributed by atoms with Gasteiger partial charge in [-0.05, 0) is 19.1 Å². The Morgan fingerprint density at radius 2 is 2.11 bits per heavy atom. The maximum atomic E-state index is 12.4. The molecule has 0 aliphatic rings. The van der Waals surface area contributed by atoms with Crippen molar-refractivity contribution in [3.8, 4) is 5.88 Å². The van der Waals surface area contributed by atoms with Gasteiger partial charge in [0.25, 0.3) is 5.91 Å². The minimum atomic E-state index is -4.47. The number of amides is 1. The van der Waals surface area contributed by atoms with Gasteiger partial charge in [0.1, 0.15) is 0 Å². The van der Waals surface area contributed by atoms with Gasteiger partial charge in [-0.2, -0.15) is 18.3 Å². The summed E-state index contributed by atoms with van der Waals surface area (Å²) in [5.41, 5.74) is 2.05. The highest BCUT2D eigenvalue weighted by atomic mass is 19.4. The molecule has 0 fully saturated rings. The van der Waals surface area contributed by atoms with Gasteiger partial charge in [0.05, 0.1) is 11.3 Å². The number of pyridine rings is 2. The van der Waals surface area contributed by atoms with Crippen LogP contribution in [-0.2, 0) is 13.6 Å². The second-order valence-corrected chi connectivity index (χ2v) is 5.86. The monoisotopic (exact) mass is 379 g/mol. The number of nitrogens with one attached hydrogen (secondary N) is 1. The third kappa shape index (κ3) is 4.33. The second-order valence-electron chi connectivity index (χ2n) is 5.86. The molecule has 27 heavy (non-hydrogen) atoms. The molecule has 0 bridgehead atoms. The average molecular weight is 379 g/mol. The summed E-state index contributed by atoms with van der Waals surface area (Å²) in [5.74, 6) is -0.593. The molecule has 0 radical (unpaired) electrons. The van der Waals surface area contributed by atoms with Gasteiger partial charge in [0.2, 0.25) is 5.88 Å². The molecule has 3 aromatic rings. The van der Waals surface area contributed by atoms with E-state index in [2.05, 4.69) is 20.4 Å². The SMILES string of the molecule is Cc1nn(C)c2ncc(C(=O)NCc3cccnc3OCC(F)(F)F)cc12. The van der Waals surface area contributed by atoms with Crippen LogP contribution in [0.5, 0.6) is 5.88 Å². The Morgan fingerprint density at radius 1 is 1.33 bits per heavy atom. The third-order valence-electron chi connectivity index (χ3n) is 3.79. The molecule has 7 nitrogen and oxygen atoms in total. The van der Waals surface area contributed by atoms with Crippen LogP contribution in [0.15, 0.2) is 30.6 Å². The largest absolute Gasteiger partial charge is 0.468 e. The Morgan fingerprint density at radius 3 is 2.85 bits per heavy atom. The lowest BCUT2D eigenvalue weighted by atomic mass is 10.2. The first-order valence-corrected chi connectivity index (χ1v) is 7.95. The molecular weight excluding hydrogens is 363 g/mol. The van der Waals surface area contributed by atoms with Crippen LogP contribution in [0.3, 0.4) is 0 Å². The van der Waals surface area contributed by atoms with Crippen LogP contribution in [0, 0.1) is 6.92 Å². The molecular formula is C17H16F3N5O2. The molecule has 0 atom stereocenters. The Balaban J connectivity index is 1.72. The molecule has 0 aliphatic carbocycles. The molecule has 0 aromatic carbocycles. The molecule has 3 rings (SSSR count). The van der Waals surface area contributed by atoms with Crippen LogP contribution in [0.1, 0.15) is 21.6 Å². The summed E-state index contributed by atoms with van der Waals surface area (Å²) >= 11 is 0. The van der Waals surface area contributed by atoms with Gasteiger partial charge >= 0.3 is 6.18 Å². The first kappa shape index (κ1) is 18.6. The minimum Gasteiger partial charge on any atom is -0.468 e. The molecule has 0 saturated carbocycles. The van der Waals surface area contributed by atoms with Crippen molar-refractivity contribution >= 4 is 16.9 Å². The second kappa shape index (κ2) is 7.22. The van der Waals surface area contributed by atoms with E-state index in [0.29, 0.717) is 16.8 Å². The number of carbonyl (C=O) groups is 1. The highest BCUT2D eigenvalue weighted by Crippen LogP contribution is 2.20. The molecule has 10 heteroatoms. The van der Waals surface area contributed by atoms with Crippen molar-refractivity contribution in [2.24, 2.45) is 7.05 Å². The molecule has 0 aliphatic heterocycles. The average Bonchev–Trinajstić information content (AvgIpc) is 2.91. The number of aryl methyl sites for hydroxylation is 2. The maximum Gasteiger partial charge on any atom is 0.422 e. The van der Waals surface area contributed by atoms with Gasteiger partial charge in [-0.15, -0.1) is 0 Å². The van der Waals surface area contributed by atoms with Crippen molar-refractivity contribution in [1.82, 2.24) is 25.1 Å². The number of rotatable bonds is 5. The quantitative estimate of drug-likeness (QED) is 0.737.